The average molecular weight is 283 g/mol. The molecule has 0 bridgehead atoms. The summed E-state index contributed by atoms with van der Waals surface area (Å²) < 4.78 is 0. The highest BCUT2D eigenvalue weighted by molar-refractivity contribution is 5.61. The van der Waals surface area contributed by atoms with Gasteiger partial charge in [0.05, 0.1) is 5.69 Å². The number of rotatable bonds is 8. The molecule has 0 fully saturated rings. The number of nitrogens with zero attached hydrogens (tertiary/aromatic N) is 1. The van der Waals surface area contributed by atoms with Crippen molar-refractivity contribution in [2.45, 2.75) is 26.7 Å². The zero-order valence-electron chi connectivity index (χ0n) is 13.0. The fourth-order valence-corrected chi connectivity index (χ4v) is 2.11. The first-order chi connectivity index (χ1) is 10.1. The van der Waals surface area contributed by atoms with Crippen molar-refractivity contribution < 1.29 is 0 Å². The maximum atomic E-state index is 7.47. The Morgan fingerprint density at radius 3 is 2.86 bits per heavy atom. The van der Waals surface area contributed by atoms with Crippen LogP contribution in [-0.2, 0) is 6.42 Å². The molecule has 1 aromatic heterocycles. The molecule has 0 aliphatic carbocycles. The van der Waals surface area contributed by atoms with Gasteiger partial charge in [-0.2, -0.15) is 0 Å². The van der Waals surface area contributed by atoms with Crippen molar-refractivity contribution >= 4 is 12.3 Å². The van der Waals surface area contributed by atoms with Gasteiger partial charge in [0.2, 0.25) is 0 Å². The summed E-state index contributed by atoms with van der Waals surface area (Å²) in [6.07, 6.45) is 11.0. The van der Waals surface area contributed by atoms with E-state index in [0.29, 0.717) is 6.54 Å². The van der Waals surface area contributed by atoms with Crippen LogP contribution in [0.15, 0.2) is 42.5 Å². The van der Waals surface area contributed by atoms with Crippen molar-refractivity contribution in [1.82, 2.24) is 4.98 Å². The lowest BCUT2D eigenvalue weighted by molar-refractivity contribution is 0.808. The molecule has 0 aliphatic heterocycles. The summed E-state index contributed by atoms with van der Waals surface area (Å²) in [5.74, 6) is 0.137. The maximum absolute atomic E-state index is 7.47. The molecule has 0 spiro atoms. The standard InChI is InChI=1S/C18H25N3/c1-4-18-17(9-8-15(3)21-18)11-10-16(14(2)13-20)7-5-6-12-19/h4-9,13-14,20H,1,10-12,19H2,2-3H3/b6-5-,16-7-,20-13?. The van der Waals surface area contributed by atoms with Crippen LogP contribution < -0.4 is 5.73 Å². The number of aromatic nitrogens is 1. The third kappa shape index (κ3) is 5.48. The summed E-state index contributed by atoms with van der Waals surface area (Å²) in [6.45, 7) is 8.39. The van der Waals surface area contributed by atoms with E-state index in [4.69, 9.17) is 11.1 Å². The molecule has 0 saturated heterocycles. The Bertz CT molecular complexity index is 541. The molecule has 112 valence electrons. The van der Waals surface area contributed by atoms with Gasteiger partial charge in [-0.3, -0.25) is 4.98 Å². The topological polar surface area (TPSA) is 62.8 Å². The number of hydrogen-bond acceptors (Lipinski definition) is 3. The smallest absolute Gasteiger partial charge is 0.0659 e. The van der Waals surface area contributed by atoms with E-state index in [9.17, 15) is 0 Å². The molecule has 0 aromatic carbocycles. The minimum absolute atomic E-state index is 0.137. The van der Waals surface area contributed by atoms with Crippen LogP contribution in [0, 0.1) is 18.3 Å². The van der Waals surface area contributed by atoms with E-state index in [1.165, 1.54) is 17.4 Å². The molecule has 3 nitrogen and oxygen atoms in total. The molecule has 0 amide bonds. The summed E-state index contributed by atoms with van der Waals surface area (Å²) in [4.78, 5) is 4.50. The number of aryl methyl sites for hydroxylation is 2. The van der Waals surface area contributed by atoms with Crippen LogP contribution in [0.4, 0.5) is 0 Å². The Kier molecular flexibility index (Phi) is 7.33. The molecule has 1 rings (SSSR count). The SMILES string of the molecule is C=Cc1nc(C)ccc1CC/C(=C/C=C\CN)C(C)C=N. The molecule has 1 heterocycles. The lowest BCUT2D eigenvalue weighted by Gasteiger charge is -2.12. The Hall–Kier alpha value is -2.00. The Morgan fingerprint density at radius 2 is 2.24 bits per heavy atom. The molecular weight excluding hydrogens is 258 g/mol. The first-order valence-electron chi connectivity index (χ1n) is 7.27. The average Bonchev–Trinajstić information content (AvgIpc) is 2.50. The van der Waals surface area contributed by atoms with Crippen LogP contribution in [0.1, 0.15) is 30.3 Å². The zero-order valence-corrected chi connectivity index (χ0v) is 13.0. The van der Waals surface area contributed by atoms with E-state index < -0.39 is 0 Å². The van der Waals surface area contributed by atoms with E-state index in [-0.39, 0.29) is 5.92 Å². The van der Waals surface area contributed by atoms with Crippen molar-refractivity contribution in [2.24, 2.45) is 11.7 Å². The third-order valence-electron chi connectivity index (χ3n) is 3.45. The van der Waals surface area contributed by atoms with E-state index in [1.54, 1.807) is 6.08 Å². The molecule has 21 heavy (non-hydrogen) atoms. The molecule has 0 saturated carbocycles. The van der Waals surface area contributed by atoms with Gasteiger partial charge in [0.25, 0.3) is 0 Å². The van der Waals surface area contributed by atoms with E-state index >= 15 is 0 Å². The largest absolute Gasteiger partial charge is 0.327 e. The zero-order chi connectivity index (χ0) is 15.7. The van der Waals surface area contributed by atoms with Crippen LogP contribution >= 0.6 is 0 Å². The van der Waals surface area contributed by atoms with Gasteiger partial charge in [0.1, 0.15) is 0 Å². The van der Waals surface area contributed by atoms with Crippen molar-refractivity contribution in [2.75, 3.05) is 6.54 Å². The van der Waals surface area contributed by atoms with Crippen molar-refractivity contribution in [1.29, 1.82) is 5.41 Å². The van der Waals surface area contributed by atoms with Gasteiger partial charge < -0.3 is 11.1 Å². The Labute approximate surface area is 127 Å². The van der Waals surface area contributed by atoms with Crippen LogP contribution in [0.3, 0.4) is 0 Å². The first kappa shape index (κ1) is 17.1. The molecule has 0 radical (unpaired) electrons. The minimum atomic E-state index is 0.137. The van der Waals surface area contributed by atoms with Gasteiger partial charge in [-0.05, 0) is 37.5 Å². The maximum Gasteiger partial charge on any atom is 0.0659 e. The van der Waals surface area contributed by atoms with Gasteiger partial charge in [-0.15, -0.1) is 0 Å². The monoisotopic (exact) mass is 283 g/mol. The fourth-order valence-electron chi connectivity index (χ4n) is 2.11. The van der Waals surface area contributed by atoms with Crippen LogP contribution in [0.5, 0.6) is 0 Å². The fraction of sp³-hybridized carbons (Fsp3) is 0.333. The van der Waals surface area contributed by atoms with E-state index in [2.05, 4.69) is 23.7 Å². The Balaban J connectivity index is 2.86. The van der Waals surface area contributed by atoms with Crippen LogP contribution in [-0.4, -0.2) is 17.7 Å². The van der Waals surface area contributed by atoms with Gasteiger partial charge in [0.15, 0.2) is 0 Å². The molecule has 0 aliphatic rings. The first-order valence-corrected chi connectivity index (χ1v) is 7.27. The highest BCUT2D eigenvalue weighted by Crippen LogP contribution is 2.19. The van der Waals surface area contributed by atoms with E-state index in [0.717, 1.165) is 24.2 Å². The second kappa shape index (κ2) is 9.03. The highest BCUT2D eigenvalue weighted by Gasteiger charge is 2.08. The van der Waals surface area contributed by atoms with Crippen LogP contribution in [0.2, 0.25) is 0 Å². The minimum Gasteiger partial charge on any atom is -0.327 e. The summed E-state index contributed by atoms with van der Waals surface area (Å²) in [6, 6.07) is 4.14. The molecular formula is C18H25N3. The highest BCUT2D eigenvalue weighted by atomic mass is 14.7. The third-order valence-corrected chi connectivity index (χ3v) is 3.45. The molecule has 1 unspecified atom stereocenters. The van der Waals surface area contributed by atoms with Crippen LogP contribution in [0.25, 0.3) is 6.08 Å². The Morgan fingerprint density at radius 1 is 1.48 bits per heavy atom. The van der Waals surface area contributed by atoms with Crippen molar-refractivity contribution in [3.05, 3.63) is 59.5 Å². The summed E-state index contributed by atoms with van der Waals surface area (Å²) in [5, 5.41) is 7.47. The van der Waals surface area contributed by atoms with Crippen molar-refractivity contribution in [3.8, 4) is 0 Å². The quantitative estimate of drug-likeness (QED) is 0.564. The normalized spacial score (nSPS) is 13.4. The van der Waals surface area contributed by atoms with Gasteiger partial charge in [-0.25, -0.2) is 0 Å². The molecule has 1 atom stereocenters. The predicted octanol–water partition coefficient (Wildman–Crippen LogP) is 3.69. The summed E-state index contributed by atoms with van der Waals surface area (Å²) in [5.41, 5.74) is 9.84. The van der Waals surface area contributed by atoms with Gasteiger partial charge in [-0.1, -0.05) is 43.4 Å². The molecule has 3 heteroatoms. The number of nitrogens with one attached hydrogen (secondary N) is 1. The van der Waals surface area contributed by atoms with Gasteiger partial charge in [0, 0.05) is 24.4 Å². The second-order valence-corrected chi connectivity index (χ2v) is 5.06. The van der Waals surface area contributed by atoms with Gasteiger partial charge >= 0.3 is 0 Å². The summed E-state index contributed by atoms with van der Waals surface area (Å²) >= 11 is 0. The van der Waals surface area contributed by atoms with E-state index in [1.807, 2.05) is 32.1 Å². The predicted molar refractivity (Wildman–Crippen MR) is 91.6 cm³/mol. The number of allylic oxidation sites excluding steroid dienone is 3. The lowest BCUT2D eigenvalue weighted by Crippen LogP contribution is -2.03. The lowest BCUT2D eigenvalue weighted by atomic mass is 9.94. The summed E-state index contributed by atoms with van der Waals surface area (Å²) in [7, 11) is 0. The number of pyridine rings is 1. The number of nitrogens with two attached hydrogens (primary N) is 1. The molecule has 3 N–H and O–H groups in total. The van der Waals surface area contributed by atoms with Crippen molar-refractivity contribution in [3.63, 3.8) is 0 Å². The second-order valence-electron chi connectivity index (χ2n) is 5.06. The molecule has 1 aromatic rings. The number of hydrogen-bond donors (Lipinski definition) is 2.